The first-order chi connectivity index (χ1) is 9.01. The van der Waals surface area contributed by atoms with E-state index in [1.807, 2.05) is 0 Å². The molecule has 0 radical (unpaired) electrons. The third kappa shape index (κ3) is 3.67. The highest BCUT2D eigenvalue weighted by Gasteiger charge is 2.29. The number of carbonyl (C=O) groups is 2. The molecule has 0 heterocycles. The van der Waals surface area contributed by atoms with Crippen molar-refractivity contribution in [3.8, 4) is 5.75 Å². The normalized spacial score (nSPS) is 11.7. The predicted octanol–water partition coefficient (Wildman–Crippen LogP) is 1.64. The van der Waals surface area contributed by atoms with Crippen LogP contribution in [0, 0.1) is 11.7 Å². The highest BCUT2D eigenvalue weighted by Crippen LogP contribution is 2.22. The lowest BCUT2D eigenvalue weighted by Gasteiger charge is -2.12. The van der Waals surface area contributed by atoms with E-state index in [2.05, 4.69) is 4.74 Å². The zero-order chi connectivity index (χ0) is 14.4. The van der Waals surface area contributed by atoms with Gasteiger partial charge in [-0.15, -0.1) is 0 Å². The lowest BCUT2D eigenvalue weighted by Crippen LogP contribution is -2.28. The molecule has 0 saturated heterocycles. The van der Waals surface area contributed by atoms with Gasteiger partial charge in [-0.3, -0.25) is 9.59 Å². The quantitative estimate of drug-likeness (QED) is 0.628. The Balaban J connectivity index is 2.97. The number of carbonyl (C=O) groups excluding carboxylic acids is 1. The van der Waals surface area contributed by atoms with Crippen LogP contribution in [0.15, 0.2) is 18.2 Å². The molecule has 5 nitrogen and oxygen atoms in total. The molecule has 1 unspecified atom stereocenters. The van der Waals surface area contributed by atoms with Gasteiger partial charge in [-0.05, 0) is 25.0 Å². The number of hydrogen-bond donors (Lipinski definition) is 1. The summed E-state index contributed by atoms with van der Waals surface area (Å²) in [4.78, 5) is 22.5. The lowest BCUT2D eigenvalue weighted by molar-refractivity contribution is -0.158. The third-order valence-corrected chi connectivity index (χ3v) is 2.56. The van der Waals surface area contributed by atoms with Gasteiger partial charge in [0.25, 0.3) is 0 Å². The summed E-state index contributed by atoms with van der Waals surface area (Å²) < 4.78 is 23.3. The number of halogens is 1. The van der Waals surface area contributed by atoms with E-state index >= 15 is 0 Å². The molecule has 0 saturated carbocycles. The molecule has 6 heteroatoms. The molecular weight excluding hydrogens is 255 g/mol. The summed E-state index contributed by atoms with van der Waals surface area (Å²) >= 11 is 0. The number of carboxylic acids is 1. The van der Waals surface area contributed by atoms with Crippen LogP contribution in [0.2, 0.25) is 0 Å². The number of benzene rings is 1. The fourth-order valence-corrected chi connectivity index (χ4v) is 1.61. The van der Waals surface area contributed by atoms with Crippen LogP contribution in [-0.2, 0) is 20.7 Å². The lowest BCUT2D eigenvalue weighted by atomic mass is 9.99. The second kappa shape index (κ2) is 6.72. The first kappa shape index (κ1) is 14.9. The smallest absolute Gasteiger partial charge is 0.320 e. The number of methoxy groups -OCH3 is 1. The van der Waals surface area contributed by atoms with Gasteiger partial charge in [0.1, 0.15) is 0 Å². The number of esters is 1. The Morgan fingerprint density at radius 1 is 1.42 bits per heavy atom. The Hall–Kier alpha value is -2.11. The third-order valence-electron chi connectivity index (χ3n) is 2.56. The van der Waals surface area contributed by atoms with Crippen molar-refractivity contribution in [1.29, 1.82) is 0 Å². The highest BCUT2D eigenvalue weighted by atomic mass is 19.1. The van der Waals surface area contributed by atoms with Gasteiger partial charge in [-0.25, -0.2) is 4.39 Å². The molecule has 0 spiro atoms. The van der Waals surface area contributed by atoms with Crippen molar-refractivity contribution in [2.24, 2.45) is 5.92 Å². The summed E-state index contributed by atoms with van der Waals surface area (Å²) in [7, 11) is 1.31. The minimum atomic E-state index is -1.43. The topological polar surface area (TPSA) is 72.8 Å². The SMILES string of the molecule is CCOC(=O)C(Cc1cccc(OC)c1F)C(=O)O. The zero-order valence-corrected chi connectivity index (χ0v) is 10.7. The maximum atomic E-state index is 13.9. The van der Waals surface area contributed by atoms with Crippen molar-refractivity contribution in [3.63, 3.8) is 0 Å². The van der Waals surface area contributed by atoms with Crippen molar-refractivity contribution in [2.75, 3.05) is 13.7 Å². The predicted molar refractivity (Wildman–Crippen MR) is 64.4 cm³/mol. The number of aliphatic carboxylic acids is 1. The van der Waals surface area contributed by atoms with E-state index in [1.54, 1.807) is 6.92 Å². The van der Waals surface area contributed by atoms with E-state index in [9.17, 15) is 14.0 Å². The molecule has 0 aromatic heterocycles. The highest BCUT2D eigenvalue weighted by molar-refractivity contribution is 5.94. The summed E-state index contributed by atoms with van der Waals surface area (Å²) in [6, 6.07) is 4.35. The average Bonchev–Trinajstić information content (AvgIpc) is 2.37. The van der Waals surface area contributed by atoms with Crippen molar-refractivity contribution in [2.45, 2.75) is 13.3 Å². The van der Waals surface area contributed by atoms with Gasteiger partial charge < -0.3 is 14.6 Å². The van der Waals surface area contributed by atoms with E-state index in [-0.39, 0.29) is 24.3 Å². The molecule has 1 atom stereocenters. The zero-order valence-electron chi connectivity index (χ0n) is 10.7. The Kier molecular flexibility index (Phi) is 5.29. The molecule has 0 amide bonds. The largest absolute Gasteiger partial charge is 0.494 e. The summed E-state index contributed by atoms with van der Waals surface area (Å²) in [5, 5.41) is 8.99. The van der Waals surface area contributed by atoms with Crippen LogP contribution in [0.25, 0.3) is 0 Å². The summed E-state index contributed by atoms with van der Waals surface area (Å²) in [5.41, 5.74) is 0.0970. The molecule has 0 bridgehead atoms. The molecule has 1 rings (SSSR count). The van der Waals surface area contributed by atoms with Crippen LogP contribution in [0.4, 0.5) is 4.39 Å². The molecular formula is C13H15FO5. The van der Waals surface area contributed by atoms with Gasteiger partial charge in [0.2, 0.25) is 0 Å². The van der Waals surface area contributed by atoms with Crippen molar-refractivity contribution >= 4 is 11.9 Å². The van der Waals surface area contributed by atoms with Crippen LogP contribution in [0.1, 0.15) is 12.5 Å². The van der Waals surface area contributed by atoms with Crippen molar-refractivity contribution in [3.05, 3.63) is 29.6 Å². The van der Waals surface area contributed by atoms with Gasteiger partial charge in [0.15, 0.2) is 17.5 Å². The Bertz CT molecular complexity index is 472. The van der Waals surface area contributed by atoms with Gasteiger partial charge >= 0.3 is 11.9 Å². The summed E-state index contributed by atoms with van der Waals surface area (Å²) in [5.74, 6) is -4.31. The van der Waals surface area contributed by atoms with Crippen LogP contribution in [0.3, 0.4) is 0 Å². The van der Waals surface area contributed by atoms with Crippen LogP contribution in [0.5, 0.6) is 5.75 Å². The van der Waals surface area contributed by atoms with Gasteiger partial charge in [0.05, 0.1) is 13.7 Å². The number of carboxylic acid groups (broad SMARTS) is 1. The molecule has 104 valence electrons. The molecule has 0 fully saturated rings. The van der Waals surface area contributed by atoms with Crippen molar-refractivity contribution < 1.29 is 28.6 Å². The van der Waals surface area contributed by atoms with Gasteiger partial charge in [-0.1, -0.05) is 12.1 Å². The van der Waals surface area contributed by atoms with E-state index < -0.39 is 23.7 Å². The Morgan fingerprint density at radius 3 is 2.63 bits per heavy atom. The molecule has 1 aromatic carbocycles. The second-order valence-electron chi connectivity index (χ2n) is 3.78. The van der Waals surface area contributed by atoms with Gasteiger partial charge in [-0.2, -0.15) is 0 Å². The number of ether oxygens (including phenoxy) is 2. The number of hydrogen-bond acceptors (Lipinski definition) is 4. The van der Waals surface area contributed by atoms with E-state index in [0.717, 1.165) is 0 Å². The van der Waals surface area contributed by atoms with E-state index in [0.29, 0.717) is 0 Å². The maximum absolute atomic E-state index is 13.9. The first-order valence-electron chi connectivity index (χ1n) is 5.72. The first-order valence-corrected chi connectivity index (χ1v) is 5.72. The molecule has 0 aliphatic rings. The monoisotopic (exact) mass is 270 g/mol. The number of rotatable bonds is 6. The fraction of sp³-hybridized carbons (Fsp3) is 0.385. The molecule has 0 aliphatic carbocycles. The van der Waals surface area contributed by atoms with E-state index in [1.165, 1.54) is 25.3 Å². The van der Waals surface area contributed by atoms with E-state index in [4.69, 9.17) is 9.84 Å². The van der Waals surface area contributed by atoms with Gasteiger partial charge in [0, 0.05) is 0 Å². The van der Waals surface area contributed by atoms with Crippen LogP contribution < -0.4 is 4.74 Å². The Labute approximate surface area is 109 Å². The standard InChI is InChI=1S/C13H15FO5/c1-3-19-13(17)9(12(15)16)7-8-5-4-6-10(18-2)11(8)14/h4-6,9H,3,7H2,1-2H3,(H,15,16). The van der Waals surface area contributed by atoms with Crippen LogP contribution in [-0.4, -0.2) is 30.8 Å². The Morgan fingerprint density at radius 2 is 2.11 bits per heavy atom. The molecule has 1 aromatic rings. The summed E-state index contributed by atoms with van der Waals surface area (Å²) in [6.07, 6.45) is -0.281. The average molecular weight is 270 g/mol. The van der Waals surface area contributed by atoms with Crippen LogP contribution >= 0.6 is 0 Å². The van der Waals surface area contributed by atoms with Crippen molar-refractivity contribution in [1.82, 2.24) is 0 Å². The minimum absolute atomic E-state index is 0.00509. The maximum Gasteiger partial charge on any atom is 0.320 e. The fourth-order valence-electron chi connectivity index (χ4n) is 1.61. The molecule has 0 aliphatic heterocycles. The minimum Gasteiger partial charge on any atom is -0.494 e. The molecule has 19 heavy (non-hydrogen) atoms. The second-order valence-corrected chi connectivity index (χ2v) is 3.78. The summed E-state index contributed by atoms with van der Waals surface area (Å²) in [6.45, 7) is 1.64. The molecule has 1 N–H and O–H groups in total.